The number of urea groups is 1. The lowest BCUT2D eigenvalue weighted by Gasteiger charge is -2.21. The molecule has 27 nitrogen and oxygen atoms in total. The molecule has 2 atom stereocenters. The number of hydroxylamine groups is 2. The summed E-state index contributed by atoms with van der Waals surface area (Å²) in [6, 6.07) is 31.2. The van der Waals surface area contributed by atoms with Crippen LogP contribution in [-0.2, 0) is 82.5 Å². The molecular formula is C67H85N13O14. The van der Waals surface area contributed by atoms with Crippen LogP contribution in [0, 0.1) is 0 Å². The highest BCUT2D eigenvalue weighted by Gasteiger charge is 2.33. The standard InChI is InChI=1S/C29H40N6O8.C21H24N4O4.C17H21N3O2/c36-25(12-4-8-18-35(19-21-9-1-5-15-30-21)20-22-10-2-6-16-31-22)32-17-7-3-11-23(27(39)40)33-29(43)34-24(28(41)42)13-14-26(37)38;26-19-10-11-20(27)25(19)29-21(28)9-3-6-14-24(15-17-7-1-4-12-22-17)16-18-8-2-5-13-23-18;21-17(22)9-3-6-12-20(13-15-7-1-4-10-18-15)14-16-8-2-5-11-19-16/h1-2,5-6,9-10,15-16,23-24H,3-4,7-8,11-14,17-20H2,(H,32,36)(H,37,38)(H,39,40)(H,41,42)(H2,33,34,43);1-2,4-5,7-8,12-13H,3,6,9-11,14-16H2;1-2,4-5,7-8,10-11H,3,6,9,12-14H2,(H,21,22)/t23-,24-;;/m0../s1. The SMILES string of the molecule is O=C(CCCCN(Cc1ccccn1)Cc1ccccn1)ON1C(=O)CCC1=O.O=C(O)CCCCN(Cc1ccccn1)Cc1ccccn1.O=C(O)CC[C@H](NC(=O)N[C@@H](CCCCNC(=O)CCCCN(Cc1ccccn1)Cc1ccccn1)C(=O)O)C(=O)O. The van der Waals surface area contributed by atoms with Crippen LogP contribution in [0.2, 0.25) is 0 Å². The highest BCUT2D eigenvalue weighted by Crippen LogP contribution is 2.16. The first-order chi connectivity index (χ1) is 45.5. The minimum Gasteiger partial charge on any atom is -0.481 e. The van der Waals surface area contributed by atoms with Gasteiger partial charge in [0.05, 0.1) is 34.2 Å². The molecular weight excluding hydrogens is 1210 g/mol. The summed E-state index contributed by atoms with van der Waals surface area (Å²) in [7, 11) is 0. The quantitative estimate of drug-likeness (QED) is 0.0150. The van der Waals surface area contributed by atoms with Crippen molar-refractivity contribution in [3.63, 3.8) is 0 Å². The Labute approximate surface area is 546 Å². The van der Waals surface area contributed by atoms with Crippen LogP contribution in [0.4, 0.5) is 4.79 Å². The van der Waals surface area contributed by atoms with Crippen LogP contribution in [0.15, 0.2) is 146 Å². The largest absolute Gasteiger partial charge is 0.481 e. The molecule has 0 spiro atoms. The van der Waals surface area contributed by atoms with E-state index in [1.165, 1.54) is 0 Å². The summed E-state index contributed by atoms with van der Waals surface area (Å²) >= 11 is 0. The second kappa shape index (κ2) is 43.7. The Balaban J connectivity index is 0.000000271. The number of rotatable bonds is 40. The van der Waals surface area contributed by atoms with Crippen LogP contribution in [0.1, 0.15) is 137 Å². The van der Waals surface area contributed by atoms with E-state index in [-0.39, 0.29) is 44.4 Å². The zero-order chi connectivity index (χ0) is 67.6. The van der Waals surface area contributed by atoms with E-state index in [4.69, 9.17) is 20.2 Å². The first-order valence-electron chi connectivity index (χ1n) is 31.4. The molecule has 1 fully saturated rings. The molecule has 1 aliphatic heterocycles. The zero-order valence-corrected chi connectivity index (χ0v) is 52.7. The van der Waals surface area contributed by atoms with Gasteiger partial charge in [0, 0.05) is 122 Å². The number of imide groups is 1. The molecule has 0 aliphatic carbocycles. The van der Waals surface area contributed by atoms with E-state index in [9.17, 15) is 48.3 Å². The summed E-state index contributed by atoms with van der Waals surface area (Å²) in [4.78, 5) is 141. The lowest BCUT2D eigenvalue weighted by Crippen LogP contribution is -2.51. The summed E-state index contributed by atoms with van der Waals surface area (Å²) < 4.78 is 0. The summed E-state index contributed by atoms with van der Waals surface area (Å²) in [5.74, 6) is -6.25. The third-order valence-electron chi connectivity index (χ3n) is 14.3. The molecule has 6 aromatic heterocycles. The number of nitrogens with one attached hydrogen (secondary N) is 3. The van der Waals surface area contributed by atoms with Gasteiger partial charge in [0.15, 0.2) is 0 Å². The monoisotopic (exact) mass is 1300 g/mol. The van der Waals surface area contributed by atoms with Crippen LogP contribution in [-0.4, -0.2) is 162 Å². The molecule has 0 radical (unpaired) electrons. The number of hydrogen-bond donors (Lipinski definition) is 7. The maximum absolute atomic E-state index is 12.3. The zero-order valence-electron chi connectivity index (χ0n) is 52.7. The van der Waals surface area contributed by atoms with E-state index in [0.717, 1.165) is 86.1 Å². The van der Waals surface area contributed by atoms with Crippen LogP contribution in [0.25, 0.3) is 0 Å². The topological polar surface area (TPSA) is 370 Å². The molecule has 7 N–H and O–H groups in total. The van der Waals surface area contributed by atoms with Crippen molar-refractivity contribution in [1.82, 2.24) is 65.6 Å². The van der Waals surface area contributed by atoms with E-state index in [0.29, 0.717) is 76.3 Å². The average molecular weight is 1300 g/mol. The molecule has 0 bridgehead atoms. The average Bonchev–Trinajstić information content (AvgIpc) is 1.85. The fraction of sp³-hybridized carbons (Fsp3) is 0.418. The van der Waals surface area contributed by atoms with E-state index in [2.05, 4.69) is 60.6 Å². The van der Waals surface area contributed by atoms with Crippen molar-refractivity contribution in [1.29, 1.82) is 0 Å². The Morgan fingerprint density at radius 1 is 0.426 bits per heavy atom. The van der Waals surface area contributed by atoms with Gasteiger partial charge in [0.1, 0.15) is 12.1 Å². The number of nitrogens with zero attached hydrogens (tertiary/aromatic N) is 10. The molecule has 1 aliphatic rings. The van der Waals surface area contributed by atoms with Crippen molar-refractivity contribution in [2.24, 2.45) is 0 Å². The Hall–Kier alpha value is -9.99. The van der Waals surface area contributed by atoms with Crippen molar-refractivity contribution in [2.75, 3.05) is 26.2 Å². The molecule has 502 valence electrons. The molecule has 94 heavy (non-hydrogen) atoms. The van der Waals surface area contributed by atoms with Gasteiger partial charge in [-0.2, -0.15) is 0 Å². The Morgan fingerprint density at radius 3 is 1.10 bits per heavy atom. The maximum atomic E-state index is 12.3. The molecule has 0 unspecified atom stereocenters. The number of pyridine rings is 6. The highest BCUT2D eigenvalue weighted by molar-refractivity contribution is 6.01. The Kier molecular flexibility index (Phi) is 34.8. The number of carboxylic acids is 4. The second-order valence-electron chi connectivity index (χ2n) is 22.0. The molecule has 7 heterocycles. The Morgan fingerprint density at radius 2 is 0.766 bits per heavy atom. The van der Waals surface area contributed by atoms with Crippen LogP contribution in [0.3, 0.4) is 0 Å². The molecule has 0 aromatic carbocycles. The normalized spacial score (nSPS) is 12.4. The smallest absolute Gasteiger partial charge is 0.333 e. The minimum atomic E-state index is -1.47. The van der Waals surface area contributed by atoms with Gasteiger partial charge in [0.2, 0.25) is 5.91 Å². The van der Waals surface area contributed by atoms with E-state index >= 15 is 0 Å². The molecule has 0 saturated carbocycles. The summed E-state index contributed by atoms with van der Waals surface area (Å²) in [6.07, 6.45) is 16.1. The summed E-state index contributed by atoms with van der Waals surface area (Å²) in [5.41, 5.74) is 5.87. The van der Waals surface area contributed by atoms with Crippen molar-refractivity contribution < 1.29 is 68.4 Å². The van der Waals surface area contributed by atoms with Gasteiger partial charge in [-0.15, -0.1) is 5.06 Å². The predicted molar refractivity (Wildman–Crippen MR) is 342 cm³/mol. The third-order valence-corrected chi connectivity index (χ3v) is 14.3. The van der Waals surface area contributed by atoms with Crippen LogP contribution in [0.5, 0.6) is 0 Å². The van der Waals surface area contributed by atoms with Gasteiger partial charge in [-0.25, -0.2) is 19.2 Å². The van der Waals surface area contributed by atoms with Gasteiger partial charge >= 0.3 is 35.9 Å². The number of hydrogen-bond acceptors (Lipinski definition) is 19. The molecule has 6 aromatic rings. The van der Waals surface area contributed by atoms with E-state index < -0.39 is 66.2 Å². The molecule has 7 rings (SSSR count). The number of amides is 5. The maximum Gasteiger partial charge on any atom is 0.333 e. The first kappa shape index (κ1) is 74.7. The lowest BCUT2D eigenvalue weighted by molar-refractivity contribution is -0.197. The van der Waals surface area contributed by atoms with Gasteiger partial charge in [-0.1, -0.05) is 36.4 Å². The lowest BCUT2D eigenvalue weighted by atomic mass is 10.1. The van der Waals surface area contributed by atoms with Gasteiger partial charge in [-0.3, -0.25) is 68.6 Å². The first-order valence-corrected chi connectivity index (χ1v) is 31.4. The van der Waals surface area contributed by atoms with Crippen molar-refractivity contribution >= 4 is 53.6 Å². The fourth-order valence-electron chi connectivity index (χ4n) is 9.54. The predicted octanol–water partition coefficient (Wildman–Crippen LogP) is 7.00. The van der Waals surface area contributed by atoms with E-state index in [1.807, 2.05) is 109 Å². The van der Waals surface area contributed by atoms with Crippen LogP contribution < -0.4 is 16.0 Å². The molecule has 1 saturated heterocycles. The van der Waals surface area contributed by atoms with Crippen molar-refractivity contribution in [3.8, 4) is 0 Å². The highest BCUT2D eigenvalue weighted by atomic mass is 16.7. The second-order valence-corrected chi connectivity index (χ2v) is 22.0. The number of carboxylic acid groups (broad SMARTS) is 4. The van der Waals surface area contributed by atoms with Gasteiger partial charge in [-0.05, 0) is 157 Å². The van der Waals surface area contributed by atoms with Gasteiger partial charge in [0.25, 0.3) is 11.8 Å². The fourth-order valence-corrected chi connectivity index (χ4v) is 9.54. The van der Waals surface area contributed by atoms with Gasteiger partial charge < -0.3 is 41.2 Å². The summed E-state index contributed by atoms with van der Waals surface area (Å²) in [6.45, 7) is 6.88. The van der Waals surface area contributed by atoms with E-state index in [1.54, 1.807) is 37.2 Å². The van der Waals surface area contributed by atoms with Crippen molar-refractivity contribution in [2.45, 2.75) is 154 Å². The number of unbranched alkanes of at least 4 members (excludes halogenated alkanes) is 4. The minimum absolute atomic E-state index is 0.0634. The summed E-state index contributed by atoms with van der Waals surface area (Å²) in [5, 5.41) is 43.7. The van der Waals surface area contributed by atoms with Crippen LogP contribution >= 0.6 is 0 Å². The number of carbonyl (C=O) groups excluding carboxylic acids is 5. The van der Waals surface area contributed by atoms with Crippen molar-refractivity contribution in [3.05, 3.63) is 181 Å². The molecule has 27 heteroatoms. The number of aromatic nitrogens is 6. The molecule has 5 amide bonds. The third kappa shape index (κ3) is 32.3. The number of carbonyl (C=O) groups is 9. The Bertz CT molecular complexity index is 3080. The number of aliphatic carboxylic acids is 4.